The van der Waals surface area contributed by atoms with Gasteiger partial charge >= 0.3 is 5.97 Å². The largest absolute Gasteiger partial charge is 0.457 e. The number of esters is 1. The molecular weight excluding hydrogens is 392 g/mol. The minimum absolute atomic E-state index is 0.116. The molecule has 0 amide bonds. The van der Waals surface area contributed by atoms with Crippen molar-refractivity contribution in [1.82, 2.24) is 20.2 Å². The van der Waals surface area contributed by atoms with Crippen molar-refractivity contribution in [2.45, 2.75) is 6.61 Å². The molecule has 0 unspecified atom stereocenters. The summed E-state index contributed by atoms with van der Waals surface area (Å²) in [6, 6.07) is 10.4. The minimum atomic E-state index is -0.423. The lowest BCUT2D eigenvalue weighted by Crippen LogP contribution is -2.06. The number of carbonyl (C=O) groups excluding carboxylic acids is 1. The van der Waals surface area contributed by atoms with Gasteiger partial charge in [-0.1, -0.05) is 15.9 Å². The molecule has 0 bridgehead atoms. The van der Waals surface area contributed by atoms with E-state index in [-0.39, 0.29) is 13.4 Å². The molecule has 2 heterocycles. The maximum Gasteiger partial charge on any atom is 0.338 e. The molecule has 1 aliphatic rings. The normalized spacial score (nSPS) is 12.2. The van der Waals surface area contributed by atoms with E-state index in [1.165, 1.54) is 11.0 Å². The summed E-state index contributed by atoms with van der Waals surface area (Å²) in [6.07, 6.45) is 1.48. The summed E-state index contributed by atoms with van der Waals surface area (Å²) in [5.41, 5.74) is 1.98. The number of aromatic nitrogens is 4. The van der Waals surface area contributed by atoms with E-state index in [2.05, 4.69) is 31.5 Å². The van der Waals surface area contributed by atoms with Gasteiger partial charge in [-0.2, -0.15) is 0 Å². The second kappa shape index (κ2) is 6.52. The first kappa shape index (κ1) is 15.6. The van der Waals surface area contributed by atoms with Crippen LogP contribution in [0.3, 0.4) is 0 Å². The van der Waals surface area contributed by atoms with Gasteiger partial charge in [-0.15, -0.1) is 5.10 Å². The number of fused-ring (bicyclic) bond motifs is 1. The number of hydrogen-bond acceptors (Lipinski definition) is 7. The second-order valence-corrected chi connectivity index (χ2v) is 6.03. The van der Waals surface area contributed by atoms with Gasteiger partial charge in [-0.25, -0.2) is 9.48 Å². The highest BCUT2D eigenvalue weighted by molar-refractivity contribution is 9.10. The van der Waals surface area contributed by atoms with E-state index in [9.17, 15) is 4.79 Å². The number of tetrazole rings is 1. The van der Waals surface area contributed by atoms with E-state index in [0.29, 0.717) is 17.1 Å². The number of hydrogen-bond donors (Lipinski definition) is 0. The highest BCUT2D eigenvalue weighted by Crippen LogP contribution is 2.37. The summed E-state index contributed by atoms with van der Waals surface area (Å²) in [7, 11) is 0. The van der Waals surface area contributed by atoms with Crippen LogP contribution in [-0.2, 0) is 11.3 Å². The van der Waals surface area contributed by atoms with E-state index < -0.39 is 5.97 Å². The number of halogens is 1. The average Bonchev–Trinajstić information content (AvgIpc) is 3.31. The van der Waals surface area contributed by atoms with E-state index in [1.54, 1.807) is 36.4 Å². The van der Waals surface area contributed by atoms with Crippen molar-refractivity contribution in [3.63, 3.8) is 0 Å². The summed E-state index contributed by atoms with van der Waals surface area (Å²) in [6.45, 7) is 0.309. The molecule has 0 atom stereocenters. The minimum Gasteiger partial charge on any atom is -0.457 e. The molecule has 0 radical (unpaired) electrons. The summed E-state index contributed by atoms with van der Waals surface area (Å²) >= 11 is 3.44. The molecule has 3 aromatic rings. The van der Waals surface area contributed by atoms with Gasteiger partial charge in [0.25, 0.3) is 0 Å². The van der Waals surface area contributed by atoms with Gasteiger partial charge in [0, 0.05) is 10.0 Å². The Morgan fingerprint density at radius 1 is 1.20 bits per heavy atom. The lowest BCUT2D eigenvalue weighted by atomic mass is 10.2. The topological polar surface area (TPSA) is 88.4 Å². The summed E-state index contributed by atoms with van der Waals surface area (Å²) in [5.74, 6) is 0.882. The van der Waals surface area contributed by atoms with Crippen LogP contribution >= 0.6 is 15.9 Å². The lowest BCUT2D eigenvalue weighted by Gasteiger charge is -2.08. The Kier molecular flexibility index (Phi) is 4.06. The zero-order valence-electron chi connectivity index (χ0n) is 12.8. The molecule has 1 aromatic heterocycles. The van der Waals surface area contributed by atoms with Crippen LogP contribution in [0.5, 0.6) is 11.5 Å². The average molecular weight is 403 g/mol. The number of ether oxygens (including phenoxy) is 3. The fraction of sp³-hybridized carbons (Fsp3) is 0.125. The molecule has 25 heavy (non-hydrogen) atoms. The summed E-state index contributed by atoms with van der Waals surface area (Å²) in [4.78, 5) is 12.2. The standard InChI is InChI=1S/C16H11BrN4O4/c17-13-6-15-14(24-9-25-15)5-11(13)7-23-16(22)10-1-3-12(4-2-10)21-8-18-19-20-21/h1-6,8H,7,9H2. The van der Waals surface area contributed by atoms with Crippen LogP contribution in [0, 0.1) is 0 Å². The van der Waals surface area contributed by atoms with Gasteiger partial charge in [0.1, 0.15) is 12.9 Å². The van der Waals surface area contributed by atoms with Crippen molar-refractivity contribution in [3.8, 4) is 17.2 Å². The third-order valence-electron chi connectivity index (χ3n) is 3.62. The smallest absolute Gasteiger partial charge is 0.338 e. The molecule has 2 aromatic carbocycles. The van der Waals surface area contributed by atoms with Gasteiger partial charge in [-0.05, 0) is 46.8 Å². The van der Waals surface area contributed by atoms with Crippen molar-refractivity contribution < 1.29 is 19.0 Å². The van der Waals surface area contributed by atoms with Crippen molar-refractivity contribution >= 4 is 21.9 Å². The van der Waals surface area contributed by atoms with Crippen molar-refractivity contribution in [3.05, 3.63) is 58.3 Å². The van der Waals surface area contributed by atoms with Crippen molar-refractivity contribution in [2.75, 3.05) is 6.79 Å². The predicted octanol–water partition coefficient (Wildman–Crippen LogP) is 2.51. The second-order valence-electron chi connectivity index (χ2n) is 5.17. The van der Waals surface area contributed by atoms with Crippen molar-refractivity contribution in [1.29, 1.82) is 0 Å². The van der Waals surface area contributed by atoms with E-state index >= 15 is 0 Å². The van der Waals surface area contributed by atoms with Crippen molar-refractivity contribution in [2.24, 2.45) is 0 Å². The van der Waals surface area contributed by atoms with E-state index in [0.717, 1.165) is 15.7 Å². The molecule has 0 spiro atoms. The summed E-state index contributed by atoms with van der Waals surface area (Å²) < 4.78 is 18.3. The molecule has 9 heteroatoms. The van der Waals surface area contributed by atoms with E-state index in [1.807, 2.05) is 0 Å². The van der Waals surface area contributed by atoms with Crippen LogP contribution in [0.2, 0.25) is 0 Å². The Balaban J connectivity index is 1.44. The number of nitrogens with zero attached hydrogens (tertiary/aromatic N) is 4. The zero-order valence-corrected chi connectivity index (χ0v) is 14.3. The molecule has 0 N–H and O–H groups in total. The van der Waals surface area contributed by atoms with Gasteiger partial charge in [0.05, 0.1) is 11.3 Å². The zero-order chi connectivity index (χ0) is 17.2. The first-order chi connectivity index (χ1) is 12.2. The van der Waals surface area contributed by atoms with Gasteiger partial charge in [0.15, 0.2) is 11.5 Å². The number of benzene rings is 2. The van der Waals surface area contributed by atoms with Gasteiger partial charge in [0.2, 0.25) is 6.79 Å². The molecule has 0 saturated carbocycles. The summed E-state index contributed by atoms with van der Waals surface area (Å²) in [5, 5.41) is 10.9. The Morgan fingerprint density at radius 3 is 2.68 bits per heavy atom. The molecule has 8 nitrogen and oxygen atoms in total. The highest BCUT2D eigenvalue weighted by atomic mass is 79.9. The van der Waals surface area contributed by atoms with Crippen LogP contribution in [0.25, 0.3) is 5.69 Å². The number of carbonyl (C=O) groups is 1. The Hall–Kier alpha value is -2.94. The number of rotatable bonds is 4. The monoisotopic (exact) mass is 402 g/mol. The quantitative estimate of drug-likeness (QED) is 0.619. The Bertz CT molecular complexity index is 913. The molecule has 0 aliphatic carbocycles. The molecule has 0 fully saturated rings. The van der Waals surface area contributed by atoms with Crippen LogP contribution in [-0.4, -0.2) is 33.0 Å². The molecule has 126 valence electrons. The van der Waals surface area contributed by atoms with Crippen LogP contribution < -0.4 is 9.47 Å². The Labute approximate surface area is 150 Å². The van der Waals surface area contributed by atoms with Crippen LogP contribution in [0.15, 0.2) is 47.2 Å². The lowest BCUT2D eigenvalue weighted by molar-refractivity contribution is 0.0471. The SMILES string of the molecule is O=C(OCc1cc2c(cc1Br)OCO2)c1ccc(-n2cnnn2)cc1. The first-order valence-corrected chi connectivity index (χ1v) is 8.08. The molecule has 0 saturated heterocycles. The first-order valence-electron chi connectivity index (χ1n) is 7.29. The Morgan fingerprint density at radius 2 is 1.96 bits per heavy atom. The maximum atomic E-state index is 12.2. The van der Waals surface area contributed by atoms with Gasteiger partial charge in [-0.3, -0.25) is 0 Å². The third kappa shape index (κ3) is 3.18. The fourth-order valence-electron chi connectivity index (χ4n) is 2.33. The highest BCUT2D eigenvalue weighted by Gasteiger charge is 2.17. The van der Waals surface area contributed by atoms with Crippen LogP contribution in [0.1, 0.15) is 15.9 Å². The van der Waals surface area contributed by atoms with Crippen LogP contribution in [0.4, 0.5) is 0 Å². The van der Waals surface area contributed by atoms with Gasteiger partial charge < -0.3 is 14.2 Å². The molecular formula is C16H11BrN4O4. The molecule has 4 rings (SSSR count). The predicted molar refractivity (Wildman–Crippen MR) is 88.5 cm³/mol. The third-order valence-corrected chi connectivity index (χ3v) is 4.36. The maximum absolute atomic E-state index is 12.2. The van der Waals surface area contributed by atoms with E-state index in [4.69, 9.17) is 14.2 Å². The molecule has 1 aliphatic heterocycles. The fourth-order valence-corrected chi connectivity index (χ4v) is 2.76.